The lowest BCUT2D eigenvalue weighted by atomic mass is 10.2. The van der Waals surface area contributed by atoms with Gasteiger partial charge in [0.25, 0.3) is 5.91 Å². The summed E-state index contributed by atoms with van der Waals surface area (Å²) in [5.41, 5.74) is 2.09. The van der Waals surface area contributed by atoms with Gasteiger partial charge in [0.2, 0.25) is 0 Å². The third-order valence-electron chi connectivity index (χ3n) is 3.63. The topological polar surface area (TPSA) is 99.9 Å². The highest BCUT2D eigenvalue weighted by Crippen LogP contribution is 2.18. The Balaban J connectivity index is 1.62. The number of amides is 1. The molecule has 0 aliphatic carbocycles. The van der Waals surface area contributed by atoms with E-state index >= 15 is 0 Å². The number of ether oxygens (including phenoxy) is 1. The summed E-state index contributed by atoms with van der Waals surface area (Å²) in [6, 6.07) is 16.2. The highest BCUT2D eigenvalue weighted by Gasteiger charge is 2.09. The van der Waals surface area contributed by atoms with Crippen LogP contribution in [0.15, 0.2) is 60.9 Å². The minimum absolute atomic E-state index is 0.0882. The Bertz CT molecular complexity index is 993. The van der Waals surface area contributed by atoms with Gasteiger partial charge in [-0.25, -0.2) is 9.97 Å². The van der Waals surface area contributed by atoms with E-state index in [1.165, 1.54) is 12.4 Å². The predicted molar refractivity (Wildman–Crippen MR) is 107 cm³/mol. The van der Waals surface area contributed by atoms with E-state index in [-0.39, 0.29) is 17.7 Å². The molecule has 7 nitrogen and oxygen atoms in total. The quantitative estimate of drug-likeness (QED) is 0.674. The van der Waals surface area contributed by atoms with E-state index in [2.05, 4.69) is 26.7 Å². The Morgan fingerprint density at radius 1 is 1.07 bits per heavy atom. The first-order valence-electron chi connectivity index (χ1n) is 8.71. The third kappa shape index (κ3) is 5.05. The average Bonchev–Trinajstić information content (AvgIpc) is 2.70. The number of nitriles is 1. The number of nitrogens with zero attached hydrogens (tertiary/aromatic N) is 3. The van der Waals surface area contributed by atoms with Crippen LogP contribution in [0.3, 0.4) is 0 Å². The largest absolute Gasteiger partial charge is 0.491 e. The molecule has 0 aliphatic heterocycles. The lowest BCUT2D eigenvalue weighted by Crippen LogP contribution is -2.14. The lowest BCUT2D eigenvalue weighted by Gasteiger charge is -2.10. The van der Waals surface area contributed by atoms with Crippen molar-refractivity contribution in [3.63, 3.8) is 0 Å². The van der Waals surface area contributed by atoms with Crippen LogP contribution >= 0.6 is 0 Å². The van der Waals surface area contributed by atoms with Crippen LogP contribution in [-0.2, 0) is 0 Å². The van der Waals surface area contributed by atoms with Crippen LogP contribution in [0.25, 0.3) is 0 Å². The van der Waals surface area contributed by atoms with E-state index in [0.717, 1.165) is 5.75 Å². The molecular formula is C21H19N5O2. The van der Waals surface area contributed by atoms with Crippen molar-refractivity contribution in [3.8, 4) is 11.8 Å². The molecule has 2 aromatic carbocycles. The summed E-state index contributed by atoms with van der Waals surface area (Å²) < 4.78 is 5.58. The average molecular weight is 373 g/mol. The molecule has 0 saturated carbocycles. The first-order chi connectivity index (χ1) is 13.5. The number of nitrogens with one attached hydrogen (secondary N) is 2. The normalized spacial score (nSPS) is 10.2. The number of anilines is 3. The van der Waals surface area contributed by atoms with Gasteiger partial charge >= 0.3 is 0 Å². The Hall–Kier alpha value is -3.92. The maximum Gasteiger partial charge on any atom is 0.275 e. The van der Waals surface area contributed by atoms with Gasteiger partial charge in [0.1, 0.15) is 17.3 Å². The number of hydrogen-bond acceptors (Lipinski definition) is 6. The molecule has 1 amide bonds. The predicted octanol–water partition coefficient (Wildman–Crippen LogP) is 4.13. The summed E-state index contributed by atoms with van der Waals surface area (Å²) in [5, 5.41) is 14.8. The van der Waals surface area contributed by atoms with Crippen molar-refractivity contribution in [3.05, 3.63) is 72.2 Å². The van der Waals surface area contributed by atoms with Crippen molar-refractivity contribution in [1.82, 2.24) is 9.97 Å². The van der Waals surface area contributed by atoms with Crippen molar-refractivity contribution >= 4 is 23.1 Å². The van der Waals surface area contributed by atoms with Gasteiger partial charge in [-0.2, -0.15) is 5.26 Å². The highest BCUT2D eigenvalue weighted by molar-refractivity contribution is 6.02. The van der Waals surface area contributed by atoms with E-state index in [1.807, 2.05) is 19.9 Å². The summed E-state index contributed by atoms with van der Waals surface area (Å²) in [4.78, 5) is 20.7. The standard InChI is InChI=1S/C21H19N5O2/c1-14(2)28-18-8-6-16(7-9-18)26-21(27)19-12-24-20(13-23-19)25-17-5-3-4-15(10-17)11-22/h3-10,12-14H,1-2H3,(H,24,25)(H,26,27). The fraction of sp³-hybridized carbons (Fsp3) is 0.143. The molecule has 0 bridgehead atoms. The fourth-order valence-electron chi connectivity index (χ4n) is 2.41. The fourth-order valence-corrected chi connectivity index (χ4v) is 2.41. The molecule has 3 rings (SSSR count). The van der Waals surface area contributed by atoms with Crippen LogP contribution in [0.1, 0.15) is 29.9 Å². The number of rotatable bonds is 6. The molecule has 0 spiro atoms. The number of carbonyl (C=O) groups excluding carboxylic acids is 1. The van der Waals surface area contributed by atoms with Gasteiger partial charge in [-0.1, -0.05) is 6.07 Å². The number of benzene rings is 2. The molecule has 0 atom stereocenters. The summed E-state index contributed by atoms with van der Waals surface area (Å²) >= 11 is 0. The summed E-state index contributed by atoms with van der Waals surface area (Å²) in [6.07, 6.45) is 2.94. The minimum atomic E-state index is -0.358. The zero-order chi connectivity index (χ0) is 19.9. The SMILES string of the molecule is CC(C)Oc1ccc(NC(=O)c2cnc(Nc3cccc(C#N)c3)cn2)cc1. The molecular weight excluding hydrogens is 354 g/mol. The second-order valence-electron chi connectivity index (χ2n) is 6.25. The Kier molecular flexibility index (Phi) is 5.82. The molecule has 1 heterocycles. The highest BCUT2D eigenvalue weighted by atomic mass is 16.5. The molecule has 0 aliphatic rings. The van der Waals surface area contributed by atoms with E-state index in [0.29, 0.717) is 22.8 Å². The Labute approximate surface area is 163 Å². The van der Waals surface area contributed by atoms with Gasteiger partial charge in [0.15, 0.2) is 0 Å². The van der Waals surface area contributed by atoms with Crippen LogP contribution in [0.5, 0.6) is 5.75 Å². The molecule has 1 aromatic heterocycles. The molecule has 0 saturated heterocycles. The van der Waals surface area contributed by atoms with Crippen molar-refractivity contribution in [2.45, 2.75) is 20.0 Å². The molecule has 0 unspecified atom stereocenters. The monoisotopic (exact) mass is 373 g/mol. The minimum Gasteiger partial charge on any atom is -0.491 e. The van der Waals surface area contributed by atoms with Gasteiger partial charge in [-0.05, 0) is 56.3 Å². The van der Waals surface area contributed by atoms with Gasteiger partial charge in [-0.15, -0.1) is 0 Å². The van der Waals surface area contributed by atoms with Gasteiger partial charge in [-0.3, -0.25) is 4.79 Å². The molecule has 3 aromatic rings. The number of hydrogen-bond donors (Lipinski definition) is 2. The maximum atomic E-state index is 12.3. The van der Waals surface area contributed by atoms with Gasteiger partial charge < -0.3 is 15.4 Å². The summed E-state index contributed by atoms with van der Waals surface area (Å²) in [5.74, 6) is 0.855. The van der Waals surface area contributed by atoms with E-state index in [4.69, 9.17) is 10.00 Å². The summed E-state index contributed by atoms with van der Waals surface area (Å²) in [6.45, 7) is 3.90. The van der Waals surface area contributed by atoms with Gasteiger partial charge in [0.05, 0.1) is 30.1 Å². The van der Waals surface area contributed by atoms with Crippen LogP contribution in [0, 0.1) is 11.3 Å². The second kappa shape index (κ2) is 8.64. The molecule has 140 valence electrons. The maximum absolute atomic E-state index is 12.3. The van der Waals surface area contributed by atoms with Crippen molar-refractivity contribution < 1.29 is 9.53 Å². The van der Waals surface area contributed by atoms with Crippen LogP contribution in [0.4, 0.5) is 17.2 Å². The van der Waals surface area contributed by atoms with Crippen molar-refractivity contribution in [2.24, 2.45) is 0 Å². The summed E-state index contributed by atoms with van der Waals surface area (Å²) in [7, 11) is 0. The molecule has 7 heteroatoms. The molecule has 2 N–H and O–H groups in total. The zero-order valence-electron chi connectivity index (χ0n) is 15.5. The van der Waals surface area contributed by atoms with Crippen LogP contribution < -0.4 is 15.4 Å². The van der Waals surface area contributed by atoms with Crippen LogP contribution in [0.2, 0.25) is 0 Å². The Morgan fingerprint density at radius 3 is 2.50 bits per heavy atom. The van der Waals surface area contributed by atoms with Crippen molar-refractivity contribution in [1.29, 1.82) is 5.26 Å². The third-order valence-corrected chi connectivity index (χ3v) is 3.63. The second-order valence-corrected chi connectivity index (χ2v) is 6.25. The van der Waals surface area contributed by atoms with E-state index < -0.39 is 0 Å². The van der Waals surface area contributed by atoms with Gasteiger partial charge in [0, 0.05) is 11.4 Å². The molecule has 0 fully saturated rings. The molecule has 28 heavy (non-hydrogen) atoms. The van der Waals surface area contributed by atoms with Crippen molar-refractivity contribution in [2.75, 3.05) is 10.6 Å². The smallest absolute Gasteiger partial charge is 0.275 e. The Morgan fingerprint density at radius 2 is 1.86 bits per heavy atom. The van der Waals surface area contributed by atoms with E-state index in [1.54, 1.807) is 42.5 Å². The first kappa shape index (κ1) is 18.9. The van der Waals surface area contributed by atoms with Crippen LogP contribution in [-0.4, -0.2) is 22.0 Å². The zero-order valence-corrected chi connectivity index (χ0v) is 15.5. The number of carbonyl (C=O) groups is 1. The molecule has 0 radical (unpaired) electrons. The number of aromatic nitrogens is 2. The lowest BCUT2D eigenvalue weighted by molar-refractivity contribution is 0.102. The first-order valence-corrected chi connectivity index (χ1v) is 8.71. The van der Waals surface area contributed by atoms with E-state index in [9.17, 15) is 4.79 Å².